The lowest BCUT2D eigenvalue weighted by molar-refractivity contribution is 0.105. The lowest BCUT2D eigenvalue weighted by Crippen LogP contribution is -2.44. The number of rotatable bonds is 4. The zero-order chi connectivity index (χ0) is 13.0. The quantitative estimate of drug-likeness (QED) is 0.852. The van der Waals surface area contributed by atoms with Gasteiger partial charge in [-0.1, -0.05) is 38.1 Å². The highest BCUT2D eigenvalue weighted by Crippen LogP contribution is 2.19. The Morgan fingerprint density at radius 3 is 2.22 bits per heavy atom. The third-order valence-electron chi connectivity index (χ3n) is 3.63. The van der Waals surface area contributed by atoms with E-state index in [1.54, 1.807) is 0 Å². The van der Waals surface area contributed by atoms with Crippen molar-refractivity contribution in [1.29, 1.82) is 0 Å². The van der Waals surface area contributed by atoms with Crippen LogP contribution in [-0.2, 0) is 0 Å². The minimum absolute atomic E-state index is 0.371. The van der Waals surface area contributed by atoms with E-state index in [2.05, 4.69) is 48.3 Å². The Kier molecular flexibility index (Phi) is 4.75. The normalized spacial score (nSPS) is 19.1. The summed E-state index contributed by atoms with van der Waals surface area (Å²) < 4.78 is 0. The molecule has 0 amide bonds. The molecule has 2 rings (SSSR count). The van der Waals surface area contributed by atoms with E-state index in [0.29, 0.717) is 5.92 Å². The van der Waals surface area contributed by atoms with Crippen molar-refractivity contribution >= 4 is 0 Å². The standard InChI is InChI=1S/C15H24N2O/c1-12(2)13-3-5-14(6-4-13)15(18)11-17-9-7-16-8-10-17/h3-6,12,15-16,18H,7-11H2,1-2H3. The molecule has 18 heavy (non-hydrogen) atoms. The van der Waals surface area contributed by atoms with Crippen LogP contribution in [0.25, 0.3) is 0 Å². The highest BCUT2D eigenvalue weighted by molar-refractivity contribution is 5.26. The number of hydrogen-bond acceptors (Lipinski definition) is 3. The summed E-state index contributed by atoms with van der Waals surface area (Å²) in [5, 5.41) is 13.6. The van der Waals surface area contributed by atoms with Gasteiger partial charge in [0.15, 0.2) is 0 Å². The Morgan fingerprint density at radius 2 is 1.67 bits per heavy atom. The van der Waals surface area contributed by atoms with Crippen LogP contribution in [0.15, 0.2) is 24.3 Å². The predicted octanol–water partition coefficient (Wildman–Crippen LogP) is 1.75. The summed E-state index contributed by atoms with van der Waals surface area (Å²) in [7, 11) is 0. The number of hydrogen-bond donors (Lipinski definition) is 2. The van der Waals surface area contributed by atoms with Gasteiger partial charge in [0.1, 0.15) is 0 Å². The molecule has 3 heteroatoms. The molecule has 3 nitrogen and oxygen atoms in total. The van der Waals surface area contributed by atoms with Gasteiger partial charge >= 0.3 is 0 Å². The second kappa shape index (κ2) is 6.32. The maximum absolute atomic E-state index is 10.2. The molecule has 1 fully saturated rings. The molecule has 1 aromatic carbocycles. The first kappa shape index (κ1) is 13.5. The first-order chi connectivity index (χ1) is 8.66. The fourth-order valence-corrected chi connectivity index (χ4v) is 2.35. The van der Waals surface area contributed by atoms with Gasteiger partial charge in [0, 0.05) is 32.7 Å². The van der Waals surface area contributed by atoms with Crippen LogP contribution in [0.4, 0.5) is 0 Å². The fraction of sp³-hybridized carbons (Fsp3) is 0.600. The zero-order valence-corrected chi connectivity index (χ0v) is 11.4. The predicted molar refractivity (Wildman–Crippen MR) is 74.8 cm³/mol. The topological polar surface area (TPSA) is 35.5 Å². The number of β-amino-alcohol motifs (C(OH)–C–C–N with tert-alkyl or cyclic N) is 1. The number of benzene rings is 1. The second-order valence-electron chi connectivity index (χ2n) is 5.39. The van der Waals surface area contributed by atoms with Gasteiger partial charge < -0.3 is 10.4 Å². The molecule has 1 aliphatic heterocycles. The van der Waals surface area contributed by atoms with Crippen molar-refractivity contribution in [1.82, 2.24) is 10.2 Å². The number of nitrogens with one attached hydrogen (secondary N) is 1. The molecule has 0 saturated carbocycles. The number of aliphatic hydroxyl groups is 1. The molecule has 2 N–H and O–H groups in total. The van der Waals surface area contributed by atoms with Crippen molar-refractivity contribution in [2.45, 2.75) is 25.9 Å². The first-order valence-corrected chi connectivity index (χ1v) is 6.88. The van der Waals surface area contributed by atoms with Gasteiger partial charge in [-0.15, -0.1) is 0 Å². The Bertz CT molecular complexity index is 355. The van der Waals surface area contributed by atoms with Crippen molar-refractivity contribution < 1.29 is 5.11 Å². The summed E-state index contributed by atoms with van der Waals surface area (Å²) in [6, 6.07) is 8.37. The lowest BCUT2D eigenvalue weighted by Gasteiger charge is -2.29. The van der Waals surface area contributed by atoms with Crippen LogP contribution in [0.1, 0.15) is 37.0 Å². The first-order valence-electron chi connectivity index (χ1n) is 6.88. The van der Waals surface area contributed by atoms with Crippen molar-refractivity contribution in [2.75, 3.05) is 32.7 Å². The molecule has 0 aliphatic carbocycles. The molecule has 1 saturated heterocycles. The third kappa shape index (κ3) is 3.55. The molecule has 1 unspecified atom stereocenters. The number of nitrogens with zero attached hydrogens (tertiary/aromatic N) is 1. The Hall–Kier alpha value is -0.900. The monoisotopic (exact) mass is 248 g/mol. The summed E-state index contributed by atoms with van der Waals surface area (Å²) in [5.74, 6) is 0.546. The van der Waals surface area contributed by atoms with Crippen LogP contribution in [0.3, 0.4) is 0 Å². The summed E-state index contributed by atoms with van der Waals surface area (Å²) in [5.41, 5.74) is 2.35. The van der Waals surface area contributed by atoms with Crippen molar-refractivity contribution in [3.05, 3.63) is 35.4 Å². The Labute approximate surface area is 110 Å². The summed E-state index contributed by atoms with van der Waals surface area (Å²) >= 11 is 0. The van der Waals surface area contributed by atoms with E-state index in [1.165, 1.54) is 5.56 Å². The molecule has 1 atom stereocenters. The van der Waals surface area contributed by atoms with Gasteiger partial charge in [0.25, 0.3) is 0 Å². The number of aliphatic hydroxyl groups excluding tert-OH is 1. The third-order valence-corrected chi connectivity index (χ3v) is 3.63. The van der Waals surface area contributed by atoms with E-state index in [-0.39, 0.29) is 6.10 Å². The molecule has 1 aliphatic rings. The van der Waals surface area contributed by atoms with Crippen molar-refractivity contribution in [3.8, 4) is 0 Å². The average molecular weight is 248 g/mol. The smallest absolute Gasteiger partial charge is 0.0916 e. The van der Waals surface area contributed by atoms with Crippen LogP contribution in [0.2, 0.25) is 0 Å². The second-order valence-corrected chi connectivity index (χ2v) is 5.39. The van der Waals surface area contributed by atoms with Crippen LogP contribution in [0, 0.1) is 0 Å². The van der Waals surface area contributed by atoms with Crippen LogP contribution >= 0.6 is 0 Å². The minimum Gasteiger partial charge on any atom is -0.387 e. The van der Waals surface area contributed by atoms with Gasteiger partial charge in [-0.05, 0) is 17.0 Å². The van der Waals surface area contributed by atoms with Gasteiger partial charge in [-0.25, -0.2) is 0 Å². The molecule has 0 bridgehead atoms. The SMILES string of the molecule is CC(C)c1ccc(C(O)CN2CCNCC2)cc1. The molecule has 100 valence electrons. The highest BCUT2D eigenvalue weighted by Gasteiger charge is 2.15. The van der Waals surface area contributed by atoms with E-state index >= 15 is 0 Å². The molecule has 0 aromatic heterocycles. The minimum atomic E-state index is -0.371. The molecule has 0 radical (unpaired) electrons. The Balaban J connectivity index is 1.93. The summed E-state index contributed by atoms with van der Waals surface area (Å²) in [6.07, 6.45) is -0.371. The van der Waals surface area contributed by atoms with Crippen LogP contribution < -0.4 is 5.32 Å². The number of piperazine rings is 1. The maximum Gasteiger partial charge on any atom is 0.0916 e. The maximum atomic E-state index is 10.2. The molecular weight excluding hydrogens is 224 g/mol. The van der Waals surface area contributed by atoms with E-state index < -0.39 is 0 Å². The van der Waals surface area contributed by atoms with Crippen LogP contribution in [0.5, 0.6) is 0 Å². The van der Waals surface area contributed by atoms with E-state index in [1.807, 2.05) is 0 Å². The van der Waals surface area contributed by atoms with Gasteiger partial charge in [0.2, 0.25) is 0 Å². The van der Waals surface area contributed by atoms with E-state index in [0.717, 1.165) is 38.3 Å². The Morgan fingerprint density at radius 1 is 1.11 bits per heavy atom. The van der Waals surface area contributed by atoms with E-state index in [4.69, 9.17) is 0 Å². The molecule has 0 spiro atoms. The van der Waals surface area contributed by atoms with Crippen molar-refractivity contribution in [2.24, 2.45) is 0 Å². The van der Waals surface area contributed by atoms with Gasteiger partial charge in [-0.2, -0.15) is 0 Å². The summed E-state index contributed by atoms with van der Waals surface area (Å²) in [6.45, 7) is 9.22. The lowest BCUT2D eigenvalue weighted by atomic mass is 10.00. The molecule has 1 heterocycles. The molecular formula is C15H24N2O. The van der Waals surface area contributed by atoms with Crippen LogP contribution in [-0.4, -0.2) is 42.7 Å². The summed E-state index contributed by atoms with van der Waals surface area (Å²) in [4.78, 5) is 2.32. The fourth-order valence-electron chi connectivity index (χ4n) is 2.35. The largest absolute Gasteiger partial charge is 0.387 e. The van der Waals surface area contributed by atoms with E-state index in [9.17, 15) is 5.11 Å². The zero-order valence-electron chi connectivity index (χ0n) is 11.4. The molecule has 1 aromatic rings. The highest BCUT2D eigenvalue weighted by atomic mass is 16.3. The van der Waals surface area contributed by atoms with Gasteiger partial charge in [0.05, 0.1) is 6.10 Å². The average Bonchev–Trinajstić information content (AvgIpc) is 2.40. The van der Waals surface area contributed by atoms with Crippen molar-refractivity contribution in [3.63, 3.8) is 0 Å². The van der Waals surface area contributed by atoms with Gasteiger partial charge in [-0.3, -0.25) is 4.90 Å².